The van der Waals surface area contributed by atoms with E-state index in [1.807, 2.05) is 6.07 Å². The van der Waals surface area contributed by atoms with E-state index in [2.05, 4.69) is 15.1 Å². The highest BCUT2D eigenvalue weighted by atomic mass is 19.1. The Hall–Kier alpha value is -2.50. The van der Waals surface area contributed by atoms with E-state index in [1.54, 1.807) is 12.3 Å². The first-order chi connectivity index (χ1) is 10.2. The fourth-order valence-electron chi connectivity index (χ4n) is 2.38. The van der Waals surface area contributed by atoms with Crippen LogP contribution in [0.1, 0.15) is 36.6 Å². The van der Waals surface area contributed by atoms with Crippen LogP contribution in [0, 0.1) is 5.82 Å². The Bertz CT molecular complexity index is 698. The van der Waals surface area contributed by atoms with Crippen LogP contribution in [0.3, 0.4) is 0 Å². The van der Waals surface area contributed by atoms with Crippen molar-refractivity contribution in [3.63, 3.8) is 0 Å². The van der Waals surface area contributed by atoms with E-state index in [1.165, 1.54) is 12.5 Å². The number of amidine groups is 1. The minimum Gasteiger partial charge on any atom is -0.409 e. The van der Waals surface area contributed by atoms with Crippen molar-refractivity contribution in [3.05, 3.63) is 47.8 Å². The van der Waals surface area contributed by atoms with Gasteiger partial charge in [-0.05, 0) is 36.6 Å². The number of halogens is 1. The molecule has 6 heteroatoms. The Kier molecular flexibility index (Phi) is 3.51. The fraction of sp³-hybridized carbons (Fsp3) is 0.267. The first-order valence-corrected chi connectivity index (χ1v) is 6.78. The molecule has 108 valence electrons. The van der Waals surface area contributed by atoms with E-state index in [4.69, 9.17) is 10.9 Å². The SMILES string of the molecule is N/C(=N\O)c1cc(-c2cncc(F)c2)cc(C2CCC2)n1. The summed E-state index contributed by atoms with van der Waals surface area (Å²) in [7, 11) is 0. The molecule has 1 fully saturated rings. The van der Waals surface area contributed by atoms with Crippen LogP contribution in [-0.2, 0) is 0 Å². The molecule has 2 aromatic heterocycles. The highest BCUT2D eigenvalue weighted by Gasteiger charge is 2.22. The van der Waals surface area contributed by atoms with E-state index in [0.29, 0.717) is 17.2 Å². The molecule has 3 rings (SSSR count). The second kappa shape index (κ2) is 5.47. The Balaban J connectivity index is 2.10. The van der Waals surface area contributed by atoms with Gasteiger partial charge >= 0.3 is 0 Å². The second-order valence-corrected chi connectivity index (χ2v) is 5.17. The minimum absolute atomic E-state index is 0.0539. The molecule has 1 aliphatic carbocycles. The molecule has 0 unspecified atom stereocenters. The maximum absolute atomic E-state index is 13.3. The molecule has 0 atom stereocenters. The number of aromatic nitrogens is 2. The third kappa shape index (κ3) is 2.69. The zero-order valence-electron chi connectivity index (χ0n) is 11.3. The molecular weight excluding hydrogens is 271 g/mol. The topological polar surface area (TPSA) is 84.4 Å². The summed E-state index contributed by atoms with van der Waals surface area (Å²) in [5.74, 6) is -0.0710. The average Bonchev–Trinajstić information content (AvgIpc) is 2.44. The molecule has 0 spiro atoms. The quantitative estimate of drug-likeness (QED) is 0.393. The summed E-state index contributed by atoms with van der Waals surface area (Å²) in [6.07, 6.45) is 6.07. The monoisotopic (exact) mass is 286 g/mol. The molecule has 1 aliphatic rings. The lowest BCUT2D eigenvalue weighted by Gasteiger charge is -2.25. The Morgan fingerprint density at radius 1 is 1.24 bits per heavy atom. The fourth-order valence-corrected chi connectivity index (χ4v) is 2.38. The Morgan fingerprint density at radius 2 is 2.05 bits per heavy atom. The van der Waals surface area contributed by atoms with Crippen LogP contribution in [0.15, 0.2) is 35.7 Å². The van der Waals surface area contributed by atoms with E-state index in [9.17, 15) is 4.39 Å². The molecule has 0 aromatic carbocycles. The van der Waals surface area contributed by atoms with E-state index in [0.717, 1.165) is 30.3 Å². The third-order valence-corrected chi connectivity index (χ3v) is 3.78. The van der Waals surface area contributed by atoms with Gasteiger partial charge in [0.1, 0.15) is 11.5 Å². The first kappa shape index (κ1) is 13.5. The van der Waals surface area contributed by atoms with Crippen molar-refractivity contribution < 1.29 is 9.60 Å². The van der Waals surface area contributed by atoms with Crippen molar-refractivity contribution in [2.75, 3.05) is 0 Å². The molecular formula is C15H15FN4O. The summed E-state index contributed by atoms with van der Waals surface area (Å²) in [4.78, 5) is 8.30. The summed E-state index contributed by atoms with van der Waals surface area (Å²) >= 11 is 0. The third-order valence-electron chi connectivity index (χ3n) is 3.78. The minimum atomic E-state index is -0.403. The van der Waals surface area contributed by atoms with Gasteiger partial charge in [-0.25, -0.2) is 9.37 Å². The number of hydrogen-bond donors (Lipinski definition) is 2. The van der Waals surface area contributed by atoms with E-state index in [-0.39, 0.29) is 5.84 Å². The van der Waals surface area contributed by atoms with Crippen molar-refractivity contribution in [1.82, 2.24) is 9.97 Å². The molecule has 2 aromatic rings. The van der Waals surface area contributed by atoms with Crippen LogP contribution in [0.2, 0.25) is 0 Å². The molecule has 0 aliphatic heterocycles. The number of nitrogens with two attached hydrogens (primary N) is 1. The normalized spacial score (nSPS) is 15.8. The van der Waals surface area contributed by atoms with Gasteiger partial charge in [0.2, 0.25) is 0 Å². The van der Waals surface area contributed by atoms with Gasteiger partial charge in [-0.3, -0.25) is 4.98 Å². The molecule has 21 heavy (non-hydrogen) atoms. The average molecular weight is 286 g/mol. The molecule has 5 nitrogen and oxygen atoms in total. The molecule has 0 saturated heterocycles. The standard InChI is InChI=1S/C15H15FN4O/c16-12-4-11(7-18-8-12)10-5-13(9-2-1-3-9)19-14(6-10)15(17)20-21/h4-9,21H,1-3H2,(H2,17,20). The zero-order chi connectivity index (χ0) is 14.8. The van der Waals surface area contributed by atoms with E-state index < -0.39 is 5.82 Å². The molecule has 0 radical (unpaired) electrons. The Morgan fingerprint density at radius 3 is 2.67 bits per heavy atom. The van der Waals surface area contributed by atoms with Crippen LogP contribution >= 0.6 is 0 Å². The molecule has 3 N–H and O–H groups in total. The van der Waals surface area contributed by atoms with Crippen molar-refractivity contribution >= 4 is 5.84 Å². The highest BCUT2D eigenvalue weighted by Crippen LogP contribution is 2.36. The van der Waals surface area contributed by atoms with Gasteiger partial charge in [0.05, 0.1) is 6.20 Å². The predicted molar refractivity (Wildman–Crippen MR) is 76.5 cm³/mol. The van der Waals surface area contributed by atoms with E-state index >= 15 is 0 Å². The lowest BCUT2D eigenvalue weighted by atomic mass is 9.82. The molecule has 1 saturated carbocycles. The van der Waals surface area contributed by atoms with Gasteiger partial charge in [-0.2, -0.15) is 0 Å². The number of rotatable bonds is 3. The van der Waals surface area contributed by atoms with Gasteiger partial charge < -0.3 is 10.9 Å². The summed E-state index contributed by atoms with van der Waals surface area (Å²) in [5, 5.41) is 11.8. The summed E-state index contributed by atoms with van der Waals surface area (Å²) in [6.45, 7) is 0. The van der Waals surface area contributed by atoms with Crippen molar-refractivity contribution in [3.8, 4) is 11.1 Å². The van der Waals surface area contributed by atoms with Gasteiger partial charge in [0.25, 0.3) is 0 Å². The highest BCUT2D eigenvalue weighted by molar-refractivity contribution is 5.96. The maximum Gasteiger partial charge on any atom is 0.188 e. The lowest BCUT2D eigenvalue weighted by Crippen LogP contribution is -2.18. The summed E-state index contributed by atoms with van der Waals surface area (Å²) in [5.41, 5.74) is 8.34. The molecule has 2 heterocycles. The van der Waals surface area contributed by atoms with Crippen LogP contribution < -0.4 is 5.73 Å². The van der Waals surface area contributed by atoms with Crippen LogP contribution in [0.4, 0.5) is 4.39 Å². The lowest BCUT2D eigenvalue weighted by molar-refractivity contribution is 0.318. The van der Waals surface area contributed by atoms with Crippen LogP contribution in [0.5, 0.6) is 0 Å². The maximum atomic E-state index is 13.3. The van der Waals surface area contributed by atoms with Gasteiger partial charge in [0.15, 0.2) is 5.84 Å². The molecule has 0 bridgehead atoms. The largest absolute Gasteiger partial charge is 0.409 e. The Labute approximate surface area is 121 Å². The second-order valence-electron chi connectivity index (χ2n) is 5.17. The zero-order valence-corrected chi connectivity index (χ0v) is 11.3. The number of hydrogen-bond acceptors (Lipinski definition) is 4. The number of nitrogens with zero attached hydrogens (tertiary/aromatic N) is 3. The van der Waals surface area contributed by atoms with Crippen molar-refractivity contribution in [2.45, 2.75) is 25.2 Å². The number of oxime groups is 1. The predicted octanol–water partition coefficient (Wildman–Crippen LogP) is 2.64. The first-order valence-electron chi connectivity index (χ1n) is 6.78. The van der Waals surface area contributed by atoms with Crippen molar-refractivity contribution in [2.24, 2.45) is 10.9 Å². The molecule has 0 amide bonds. The summed E-state index contributed by atoms with van der Waals surface area (Å²) in [6, 6.07) is 5.01. The smallest absolute Gasteiger partial charge is 0.188 e. The van der Waals surface area contributed by atoms with Crippen LogP contribution in [0.25, 0.3) is 11.1 Å². The van der Waals surface area contributed by atoms with Crippen LogP contribution in [-0.4, -0.2) is 21.0 Å². The number of pyridine rings is 2. The van der Waals surface area contributed by atoms with Gasteiger partial charge in [-0.1, -0.05) is 11.6 Å². The van der Waals surface area contributed by atoms with Gasteiger partial charge in [0, 0.05) is 23.4 Å². The van der Waals surface area contributed by atoms with Crippen molar-refractivity contribution in [1.29, 1.82) is 0 Å². The summed E-state index contributed by atoms with van der Waals surface area (Å²) < 4.78 is 13.3. The van der Waals surface area contributed by atoms with Gasteiger partial charge in [-0.15, -0.1) is 0 Å².